The van der Waals surface area contributed by atoms with Crippen molar-refractivity contribution in [1.82, 2.24) is 0 Å². The van der Waals surface area contributed by atoms with Gasteiger partial charge in [-0.1, -0.05) is 60.2 Å². The first-order chi connectivity index (χ1) is 12.1. The van der Waals surface area contributed by atoms with E-state index in [-0.39, 0.29) is 12.4 Å². The highest BCUT2D eigenvalue weighted by Crippen LogP contribution is 2.41. The van der Waals surface area contributed by atoms with E-state index in [1.165, 1.54) is 0 Å². The molecule has 0 N–H and O–H groups in total. The van der Waals surface area contributed by atoms with Crippen LogP contribution >= 0.6 is 0 Å². The molecule has 1 aliphatic carbocycles. The number of carbonyl (C=O) groups excluding carboxylic acids is 2. The zero-order chi connectivity index (χ0) is 18.0. The summed E-state index contributed by atoms with van der Waals surface area (Å²) in [6, 6.07) is 17.2. The Bertz CT molecular complexity index is 898. The van der Waals surface area contributed by atoms with E-state index in [2.05, 4.69) is 0 Å². The van der Waals surface area contributed by atoms with Crippen molar-refractivity contribution in [3.63, 3.8) is 0 Å². The van der Waals surface area contributed by atoms with E-state index >= 15 is 0 Å². The lowest BCUT2D eigenvalue weighted by molar-refractivity contribution is -0.138. The number of hydrogen-bond acceptors (Lipinski definition) is 3. The number of Topliss-reactive ketones (excluding diaryl/α,β-unsaturated/α-hetero) is 1. The van der Waals surface area contributed by atoms with Crippen molar-refractivity contribution < 1.29 is 14.3 Å². The molecule has 0 bridgehead atoms. The molecule has 0 radical (unpaired) electrons. The molecular weight excluding hydrogens is 312 g/mol. The standard InChI is InChI=1S/C22H20O3/c1-4-25-22(24)18(14(2)3)20-19(15-10-6-5-7-11-15)16-12-8-9-13-17(16)21(20)23/h5-13H,4H2,1-3H3. The van der Waals surface area contributed by atoms with Crippen LogP contribution in [0.25, 0.3) is 5.57 Å². The number of ketones is 1. The number of ether oxygens (including phenoxy) is 1. The van der Waals surface area contributed by atoms with Gasteiger partial charge in [-0.15, -0.1) is 0 Å². The molecule has 3 nitrogen and oxygen atoms in total. The van der Waals surface area contributed by atoms with Crippen LogP contribution in [0.2, 0.25) is 0 Å². The zero-order valence-corrected chi connectivity index (χ0v) is 14.6. The molecule has 0 atom stereocenters. The lowest BCUT2D eigenvalue weighted by atomic mass is 9.92. The summed E-state index contributed by atoms with van der Waals surface area (Å²) in [5.74, 6) is -0.578. The minimum atomic E-state index is -0.452. The third-order valence-corrected chi connectivity index (χ3v) is 4.21. The monoisotopic (exact) mass is 332 g/mol. The Labute approximate surface area is 147 Å². The molecule has 0 saturated heterocycles. The van der Waals surface area contributed by atoms with Crippen LogP contribution in [0.4, 0.5) is 0 Å². The van der Waals surface area contributed by atoms with Crippen molar-refractivity contribution >= 4 is 17.3 Å². The van der Waals surface area contributed by atoms with Gasteiger partial charge in [0.1, 0.15) is 0 Å². The quantitative estimate of drug-likeness (QED) is 0.608. The van der Waals surface area contributed by atoms with Crippen molar-refractivity contribution in [2.45, 2.75) is 20.8 Å². The maximum atomic E-state index is 13.1. The van der Waals surface area contributed by atoms with E-state index in [9.17, 15) is 9.59 Å². The topological polar surface area (TPSA) is 43.4 Å². The minimum Gasteiger partial charge on any atom is -0.462 e. The van der Waals surface area contributed by atoms with Gasteiger partial charge in [-0.25, -0.2) is 4.79 Å². The smallest absolute Gasteiger partial charge is 0.338 e. The van der Waals surface area contributed by atoms with Crippen LogP contribution in [0.1, 0.15) is 42.3 Å². The van der Waals surface area contributed by atoms with Crippen LogP contribution in [-0.4, -0.2) is 18.4 Å². The Kier molecular flexibility index (Phi) is 4.66. The summed E-state index contributed by atoms with van der Waals surface area (Å²) in [6.07, 6.45) is 0. The molecule has 1 aliphatic rings. The average Bonchev–Trinajstić information content (AvgIpc) is 2.89. The fraction of sp³-hybridized carbons (Fsp3) is 0.182. The molecule has 0 spiro atoms. The predicted octanol–water partition coefficient (Wildman–Crippen LogP) is 4.58. The number of carbonyl (C=O) groups is 2. The molecule has 2 aromatic rings. The Morgan fingerprint density at radius 2 is 1.52 bits per heavy atom. The lowest BCUT2D eigenvalue weighted by Gasteiger charge is -2.13. The summed E-state index contributed by atoms with van der Waals surface area (Å²) in [7, 11) is 0. The molecule has 3 heteroatoms. The summed E-state index contributed by atoms with van der Waals surface area (Å²) in [4.78, 5) is 25.7. The number of allylic oxidation sites excluding steroid dienone is 1. The van der Waals surface area contributed by atoms with Gasteiger partial charge in [0, 0.05) is 16.7 Å². The first-order valence-electron chi connectivity index (χ1n) is 8.35. The van der Waals surface area contributed by atoms with Crippen LogP contribution in [0.15, 0.2) is 71.3 Å². The number of hydrogen-bond donors (Lipinski definition) is 0. The van der Waals surface area contributed by atoms with Gasteiger partial charge in [0.15, 0.2) is 5.78 Å². The fourth-order valence-corrected chi connectivity index (χ4v) is 3.18. The third-order valence-electron chi connectivity index (χ3n) is 4.21. The summed E-state index contributed by atoms with van der Waals surface area (Å²) in [6.45, 7) is 5.69. The highest BCUT2D eigenvalue weighted by atomic mass is 16.5. The Balaban J connectivity index is 2.32. The van der Waals surface area contributed by atoms with E-state index in [1.807, 2.05) is 62.4 Å². The largest absolute Gasteiger partial charge is 0.462 e. The van der Waals surface area contributed by atoms with Gasteiger partial charge in [0.05, 0.1) is 12.2 Å². The predicted molar refractivity (Wildman–Crippen MR) is 98.2 cm³/mol. The molecule has 126 valence electrons. The van der Waals surface area contributed by atoms with Gasteiger partial charge in [-0.3, -0.25) is 4.79 Å². The lowest BCUT2D eigenvalue weighted by Crippen LogP contribution is -2.15. The third kappa shape index (κ3) is 2.93. The fourth-order valence-electron chi connectivity index (χ4n) is 3.18. The SMILES string of the molecule is CCOC(=O)C(=C(C)C)C1=C(c2ccccc2)c2ccccc2C1=O. The van der Waals surface area contributed by atoms with Crippen LogP contribution in [-0.2, 0) is 9.53 Å². The summed E-state index contributed by atoms with van der Waals surface area (Å²) in [5.41, 5.74) is 4.76. The number of rotatable bonds is 4. The Hall–Kier alpha value is -2.94. The Morgan fingerprint density at radius 3 is 2.12 bits per heavy atom. The molecule has 0 aliphatic heterocycles. The molecule has 3 rings (SSSR count). The van der Waals surface area contributed by atoms with E-state index in [0.29, 0.717) is 16.7 Å². The second-order valence-corrected chi connectivity index (χ2v) is 6.09. The maximum Gasteiger partial charge on any atom is 0.338 e. The van der Waals surface area contributed by atoms with E-state index in [1.54, 1.807) is 13.0 Å². The van der Waals surface area contributed by atoms with E-state index in [4.69, 9.17) is 4.74 Å². The summed E-state index contributed by atoms with van der Waals surface area (Å²) in [5, 5.41) is 0. The number of benzene rings is 2. The molecule has 0 heterocycles. The van der Waals surface area contributed by atoms with Gasteiger partial charge in [0.25, 0.3) is 0 Å². The molecule has 25 heavy (non-hydrogen) atoms. The van der Waals surface area contributed by atoms with Crippen LogP contribution in [0, 0.1) is 0 Å². The summed E-state index contributed by atoms with van der Waals surface area (Å²) < 4.78 is 5.23. The second kappa shape index (κ2) is 6.89. The highest BCUT2D eigenvalue weighted by Gasteiger charge is 2.35. The second-order valence-electron chi connectivity index (χ2n) is 6.09. The minimum absolute atomic E-state index is 0.126. The first-order valence-corrected chi connectivity index (χ1v) is 8.35. The maximum absolute atomic E-state index is 13.1. The normalized spacial score (nSPS) is 12.8. The van der Waals surface area contributed by atoms with Gasteiger partial charge in [-0.05, 0) is 31.9 Å². The van der Waals surface area contributed by atoms with Crippen LogP contribution in [0.3, 0.4) is 0 Å². The van der Waals surface area contributed by atoms with Crippen molar-refractivity contribution in [3.05, 3.63) is 88.0 Å². The van der Waals surface area contributed by atoms with Crippen LogP contribution in [0.5, 0.6) is 0 Å². The van der Waals surface area contributed by atoms with Gasteiger partial charge >= 0.3 is 5.97 Å². The zero-order valence-electron chi connectivity index (χ0n) is 14.6. The average molecular weight is 332 g/mol. The molecule has 0 amide bonds. The van der Waals surface area contributed by atoms with Crippen molar-refractivity contribution in [3.8, 4) is 0 Å². The summed E-state index contributed by atoms with van der Waals surface area (Å²) >= 11 is 0. The molecule has 0 fully saturated rings. The molecule has 0 saturated carbocycles. The van der Waals surface area contributed by atoms with Gasteiger partial charge in [0.2, 0.25) is 0 Å². The first kappa shape index (κ1) is 16.9. The van der Waals surface area contributed by atoms with Crippen molar-refractivity contribution in [2.24, 2.45) is 0 Å². The van der Waals surface area contributed by atoms with Crippen molar-refractivity contribution in [2.75, 3.05) is 6.61 Å². The number of fused-ring (bicyclic) bond motifs is 1. The van der Waals surface area contributed by atoms with Gasteiger partial charge < -0.3 is 4.74 Å². The van der Waals surface area contributed by atoms with E-state index < -0.39 is 5.97 Å². The number of esters is 1. The van der Waals surface area contributed by atoms with Gasteiger partial charge in [-0.2, -0.15) is 0 Å². The van der Waals surface area contributed by atoms with Crippen LogP contribution < -0.4 is 0 Å². The molecule has 0 unspecified atom stereocenters. The highest BCUT2D eigenvalue weighted by molar-refractivity contribution is 6.29. The van der Waals surface area contributed by atoms with E-state index in [0.717, 1.165) is 22.3 Å². The Morgan fingerprint density at radius 1 is 0.920 bits per heavy atom. The van der Waals surface area contributed by atoms with Crippen molar-refractivity contribution in [1.29, 1.82) is 0 Å². The molecule has 2 aromatic carbocycles. The molecule has 0 aromatic heterocycles. The molecular formula is C22H20O3.